The number of rotatable bonds is 4. The normalized spacial score (nSPS) is 21.3. The van der Waals surface area contributed by atoms with Crippen molar-refractivity contribution in [2.75, 3.05) is 25.0 Å². The highest BCUT2D eigenvalue weighted by atomic mass is 35.5. The fraction of sp³-hybridized carbons (Fsp3) is 0.467. The minimum Gasteiger partial charge on any atom is -0.369 e. The van der Waals surface area contributed by atoms with Crippen molar-refractivity contribution >= 4 is 29.1 Å². The van der Waals surface area contributed by atoms with Crippen molar-refractivity contribution in [2.45, 2.75) is 19.0 Å². The summed E-state index contributed by atoms with van der Waals surface area (Å²) in [6, 6.07) is 3.21. The molecule has 0 radical (unpaired) electrons. The number of benzene rings is 1. The third kappa shape index (κ3) is 4.85. The number of halogens is 4. The van der Waals surface area contributed by atoms with Gasteiger partial charge < -0.3 is 16.0 Å². The third-order valence-electron chi connectivity index (χ3n) is 3.99. The number of primary amides is 1. The molecule has 0 bridgehead atoms. The average Bonchev–Trinajstić information content (AvgIpc) is 2.48. The van der Waals surface area contributed by atoms with Gasteiger partial charge in [0.05, 0.1) is 29.6 Å². The molecule has 1 aromatic carbocycles. The Bertz CT molecular complexity index is 637. The lowest BCUT2D eigenvalue weighted by Gasteiger charge is -2.27. The third-order valence-corrected chi connectivity index (χ3v) is 4.32. The van der Waals surface area contributed by atoms with Crippen molar-refractivity contribution in [3.63, 3.8) is 0 Å². The van der Waals surface area contributed by atoms with Gasteiger partial charge in [-0.25, -0.2) is 0 Å². The van der Waals surface area contributed by atoms with Gasteiger partial charge in [-0.05, 0) is 31.0 Å². The largest absolute Gasteiger partial charge is 0.417 e. The quantitative estimate of drug-likeness (QED) is 0.747. The Hall–Kier alpha value is -1.80. The van der Waals surface area contributed by atoms with Gasteiger partial charge in [0.1, 0.15) is 0 Å². The number of quaternary nitrogens is 1. The van der Waals surface area contributed by atoms with E-state index < -0.39 is 22.7 Å². The molecule has 0 aromatic heterocycles. The predicted octanol–water partition coefficient (Wildman–Crippen LogP) is 1.08. The maximum atomic E-state index is 12.8. The number of hydrogen-bond acceptors (Lipinski definition) is 2. The molecular weight excluding hydrogens is 347 g/mol. The highest BCUT2D eigenvalue weighted by Gasteiger charge is 2.33. The van der Waals surface area contributed by atoms with E-state index in [1.54, 1.807) is 0 Å². The molecule has 132 valence electrons. The van der Waals surface area contributed by atoms with E-state index in [9.17, 15) is 22.8 Å². The van der Waals surface area contributed by atoms with Crippen LogP contribution < -0.4 is 16.0 Å². The summed E-state index contributed by atoms with van der Waals surface area (Å²) < 4.78 is 38.4. The number of nitrogens with one attached hydrogen (secondary N) is 2. The molecule has 4 N–H and O–H groups in total. The number of anilines is 1. The number of carbonyl (C=O) groups is 2. The van der Waals surface area contributed by atoms with E-state index in [1.807, 2.05) is 0 Å². The molecule has 0 saturated carbocycles. The summed E-state index contributed by atoms with van der Waals surface area (Å²) in [6.07, 6.45) is -3.12. The lowest BCUT2D eigenvalue weighted by atomic mass is 9.97. The molecule has 2 atom stereocenters. The summed E-state index contributed by atoms with van der Waals surface area (Å²) in [4.78, 5) is 24.2. The first kappa shape index (κ1) is 18.5. The van der Waals surface area contributed by atoms with Crippen LogP contribution in [0, 0.1) is 5.92 Å². The van der Waals surface area contributed by atoms with Gasteiger partial charge in [0.25, 0.3) is 5.91 Å². The van der Waals surface area contributed by atoms with E-state index >= 15 is 0 Å². The minimum absolute atomic E-state index is 0.0274. The molecule has 1 aliphatic heterocycles. The zero-order valence-electron chi connectivity index (χ0n) is 12.8. The van der Waals surface area contributed by atoms with Crippen LogP contribution in [-0.2, 0) is 15.8 Å². The summed E-state index contributed by atoms with van der Waals surface area (Å²) in [6.45, 7) is 1.23. The van der Waals surface area contributed by atoms with Crippen LogP contribution in [0.4, 0.5) is 18.9 Å². The van der Waals surface area contributed by atoms with Gasteiger partial charge in [0, 0.05) is 5.69 Å². The fourth-order valence-electron chi connectivity index (χ4n) is 2.81. The van der Waals surface area contributed by atoms with Crippen LogP contribution in [0.3, 0.4) is 0 Å². The topological polar surface area (TPSA) is 76.6 Å². The van der Waals surface area contributed by atoms with Crippen molar-refractivity contribution in [2.24, 2.45) is 11.7 Å². The summed E-state index contributed by atoms with van der Waals surface area (Å²) in [5.74, 6) is -1.08. The van der Waals surface area contributed by atoms with Gasteiger partial charge in [-0.3, -0.25) is 9.59 Å². The van der Waals surface area contributed by atoms with Gasteiger partial charge in [-0.15, -0.1) is 0 Å². The van der Waals surface area contributed by atoms with Crippen molar-refractivity contribution in [1.82, 2.24) is 0 Å². The summed E-state index contributed by atoms with van der Waals surface area (Å²) in [5, 5.41) is 2.01. The lowest BCUT2D eigenvalue weighted by Crippen LogP contribution is -3.14. The Kier molecular flexibility index (Phi) is 5.71. The van der Waals surface area contributed by atoms with Crippen LogP contribution in [0.15, 0.2) is 18.2 Å². The van der Waals surface area contributed by atoms with Crippen molar-refractivity contribution in [1.29, 1.82) is 0 Å². The Balaban J connectivity index is 1.99. The minimum atomic E-state index is -4.59. The fourth-order valence-corrected chi connectivity index (χ4v) is 3.03. The zero-order chi connectivity index (χ0) is 17.9. The van der Waals surface area contributed by atoms with E-state index in [0.717, 1.165) is 23.5 Å². The number of amides is 2. The molecule has 1 aliphatic rings. The van der Waals surface area contributed by atoms with Gasteiger partial charge in [-0.1, -0.05) is 11.6 Å². The Morgan fingerprint density at radius 1 is 1.38 bits per heavy atom. The molecule has 1 fully saturated rings. The summed E-state index contributed by atoms with van der Waals surface area (Å²) in [7, 11) is 0. The van der Waals surface area contributed by atoms with Crippen LogP contribution in [-0.4, -0.2) is 31.4 Å². The molecule has 1 aromatic rings. The first-order chi connectivity index (χ1) is 11.2. The van der Waals surface area contributed by atoms with E-state index in [-0.39, 0.29) is 24.1 Å². The molecule has 9 heteroatoms. The molecule has 2 amide bonds. The van der Waals surface area contributed by atoms with Crippen LogP contribution in [0.1, 0.15) is 18.4 Å². The molecule has 0 spiro atoms. The van der Waals surface area contributed by atoms with Crippen LogP contribution in [0.25, 0.3) is 0 Å². The van der Waals surface area contributed by atoms with Gasteiger partial charge in [0.15, 0.2) is 6.54 Å². The standard InChI is InChI=1S/C15H17ClF3N3O2/c16-12-4-3-10(6-11(12)15(17,18)19)21-13(23)8-22-5-1-2-9(7-22)14(20)24/h3-4,6,9H,1-2,5,7-8H2,(H2,20,24)(H,21,23)/p+1/t9-/m0/s1. The number of nitrogens with two attached hydrogens (primary N) is 1. The van der Waals surface area contributed by atoms with Gasteiger partial charge >= 0.3 is 6.18 Å². The highest BCUT2D eigenvalue weighted by Crippen LogP contribution is 2.36. The molecule has 1 unspecified atom stereocenters. The molecular formula is C15H18ClF3N3O2+. The Labute approximate surface area is 141 Å². The van der Waals surface area contributed by atoms with Crippen LogP contribution >= 0.6 is 11.6 Å². The van der Waals surface area contributed by atoms with Crippen molar-refractivity contribution < 1.29 is 27.7 Å². The monoisotopic (exact) mass is 364 g/mol. The molecule has 1 heterocycles. The predicted molar refractivity (Wildman–Crippen MR) is 82.6 cm³/mol. The maximum Gasteiger partial charge on any atom is 0.417 e. The number of carbonyl (C=O) groups excluding carboxylic acids is 2. The van der Waals surface area contributed by atoms with E-state index in [1.165, 1.54) is 6.07 Å². The highest BCUT2D eigenvalue weighted by molar-refractivity contribution is 6.31. The second-order valence-electron chi connectivity index (χ2n) is 5.86. The van der Waals surface area contributed by atoms with Gasteiger partial charge in [-0.2, -0.15) is 13.2 Å². The SMILES string of the molecule is NC(=O)[C@H]1CCC[NH+](CC(=O)Nc2ccc(Cl)c(C(F)(F)F)c2)C1. The Morgan fingerprint density at radius 2 is 2.08 bits per heavy atom. The first-order valence-electron chi connectivity index (χ1n) is 7.46. The number of likely N-dealkylation sites (tertiary alicyclic amines) is 1. The molecule has 0 aliphatic carbocycles. The van der Waals surface area contributed by atoms with E-state index in [2.05, 4.69) is 5.32 Å². The Morgan fingerprint density at radius 3 is 2.71 bits per heavy atom. The molecule has 1 saturated heterocycles. The van der Waals surface area contributed by atoms with Crippen LogP contribution in [0.2, 0.25) is 5.02 Å². The molecule has 5 nitrogen and oxygen atoms in total. The smallest absolute Gasteiger partial charge is 0.369 e. The molecule has 24 heavy (non-hydrogen) atoms. The average molecular weight is 365 g/mol. The lowest BCUT2D eigenvalue weighted by molar-refractivity contribution is -0.899. The summed E-state index contributed by atoms with van der Waals surface area (Å²) in [5.41, 5.74) is 4.31. The van der Waals surface area contributed by atoms with E-state index in [4.69, 9.17) is 17.3 Å². The first-order valence-corrected chi connectivity index (χ1v) is 7.84. The second-order valence-corrected chi connectivity index (χ2v) is 6.27. The van der Waals surface area contributed by atoms with Crippen LogP contribution in [0.5, 0.6) is 0 Å². The van der Waals surface area contributed by atoms with E-state index in [0.29, 0.717) is 19.5 Å². The van der Waals surface area contributed by atoms with Crippen molar-refractivity contribution in [3.8, 4) is 0 Å². The molecule has 2 rings (SSSR count). The number of hydrogen-bond donors (Lipinski definition) is 3. The van der Waals surface area contributed by atoms with Crippen molar-refractivity contribution in [3.05, 3.63) is 28.8 Å². The zero-order valence-corrected chi connectivity index (χ0v) is 13.5. The maximum absolute atomic E-state index is 12.8. The number of piperidine rings is 1. The number of alkyl halides is 3. The van der Waals surface area contributed by atoms with Gasteiger partial charge in [0.2, 0.25) is 5.91 Å². The summed E-state index contributed by atoms with van der Waals surface area (Å²) >= 11 is 5.54. The second kappa shape index (κ2) is 7.40.